The number of benzene rings is 1. The molecule has 0 unspecified atom stereocenters. The van der Waals surface area contributed by atoms with E-state index in [1.807, 2.05) is 0 Å². The molecule has 6 nitrogen and oxygen atoms in total. The fourth-order valence-electron chi connectivity index (χ4n) is 2.85. The molecule has 0 saturated heterocycles. The third-order valence-corrected chi connectivity index (χ3v) is 4.29. The maximum Gasteiger partial charge on any atom is 0.323 e. The van der Waals surface area contributed by atoms with Gasteiger partial charge in [0.15, 0.2) is 0 Å². The molecule has 0 radical (unpaired) electrons. The molecule has 3 rings (SSSR count). The molecule has 1 heterocycles. The first-order valence-corrected chi connectivity index (χ1v) is 6.99. The second-order valence-electron chi connectivity index (χ2n) is 5.48. The Morgan fingerprint density at radius 2 is 1.76 bits per heavy atom. The lowest BCUT2D eigenvalue weighted by atomic mass is 9.77. The average Bonchev–Trinajstić information content (AvgIpc) is 2.66. The van der Waals surface area contributed by atoms with Crippen molar-refractivity contribution in [2.75, 3.05) is 13.1 Å². The van der Waals surface area contributed by atoms with E-state index in [0.29, 0.717) is 24.0 Å². The second kappa shape index (κ2) is 4.96. The van der Waals surface area contributed by atoms with Crippen LogP contribution in [0.3, 0.4) is 0 Å². The monoisotopic (exact) mass is 288 g/mol. The van der Waals surface area contributed by atoms with Crippen molar-refractivity contribution < 1.29 is 19.5 Å². The summed E-state index contributed by atoms with van der Waals surface area (Å²) in [6, 6.07) is 6.71. The van der Waals surface area contributed by atoms with Crippen molar-refractivity contribution in [2.45, 2.75) is 24.8 Å². The van der Waals surface area contributed by atoms with Gasteiger partial charge in [-0.2, -0.15) is 0 Å². The van der Waals surface area contributed by atoms with Gasteiger partial charge in [-0.1, -0.05) is 12.1 Å². The summed E-state index contributed by atoms with van der Waals surface area (Å²) in [6.07, 6.45) is 2.06. The van der Waals surface area contributed by atoms with Gasteiger partial charge in [0.2, 0.25) is 0 Å². The Hall–Kier alpha value is -2.21. The number of rotatable bonds is 5. The molecule has 2 amide bonds. The number of imide groups is 1. The predicted molar refractivity (Wildman–Crippen MR) is 74.0 cm³/mol. The number of amides is 2. The van der Waals surface area contributed by atoms with Crippen molar-refractivity contribution in [3.63, 3.8) is 0 Å². The molecule has 1 aliphatic carbocycles. The molecular formula is C15H16N2O4. The fourth-order valence-corrected chi connectivity index (χ4v) is 2.85. The quantitative estimate of drug-likeness (QED) is 0.785. The molecule has 110 valence electrons. The van der Waals surface area contributed by atoms with Crippen LogP contribution < -0.4 is 5.32 Å². The molecule has 6 heteroatoms. The van der Waals surface area contributed by atoms with Crippen LogP contribution in [0.25, 0.3) is 0 Å². The van der Waals surface area contributed by atoms with Crippen LogP contribution in [0.4, 0.5) is 0 Å². The van der Waals surface area contributed by atoms with E-state index in [4.69, 9.17) is 0 Å². The van der Waals surface area contributed by atoms with Crippen LogP contribution >= 0.6 is 0 Å². The SMILES string of the molecule is O=C1c2ccccc2C(=O)N1CCNC1(C(=O)O)CCC1. The molecule has 1 aromatic rings. The highest BCUT2D eigenvalue weighted by Crippen LogP contribution is 2.32. The van der Waals surface area contributed by atoms with Crippen LogP contribution in [0.15, 0.2) is 24.3 Å². The summed E-state index contributed by atoms with van der Waals surface area (Å²) in [4.78, 5) is 36.7. The summed E-state index contributed by atoms with van der Waals surface area (Å²) in [5, 5.41) is 12.2. The first kappa shape index (κ1) is 13.8. The molecule has 0 aromatic heterocycles. The molecular weight excluding hydrogens is 272 g/mol. The molecule has 1 saturated carbocycles. The number of hydrogen-bond acceptors (Lipinski definition) is 4. The number of carboxylic acids is 1. The Labute approximate surface area is 121 Å². The molecule has 21 heavy (non-hydrogen) atoms. The second-order valence-corrected chi connectivity index (χ2v) is 5.48. The zero-order valence-electron chi connectivity index (χ0n) is 11.5. The van der Waals surface area contributed by atoms with Crippen molar-refractivity contribution in [1.29, 1.82) is 0 Å². The Kier molecular flexibility index (Phi) is 3.25. The van der Waals surface area contributed by atoms with Gasteiger partial charge in [0.05, 0.1) is 11.1 Å². The highest BCUT2D eigenvalue weighted by molar-refractivity contribution is 6.21. The minimum absolute atomic E-state index is 0.182. The van der Waals surface area contributed by atoms with Gasteiger partial charge in [-0.3, -0.25) is 19.3 Å². The summed E-state index contributed by atoms with van der Waals surface area (Å²) in [6.45, 7) is 0.471. The van der Waals surface area contributed by atoms with E-state index in [0.717, 1.165) is 6.42 Å². The number of carboxylic acid groups (broad SMARTS) is 1. The molecule has 1 aliphatic heterocycles. The summed E-state index contributed by atoms with van der Waals surface area (Å²) in [5.74, 6) is -1.48. The van der Waals surface area contributed by atoms with E-state index in [1.54, 1.807) is 24.3 Å². The Morgan fingerprint density at radius 1 is 1.19 bits per heavy atom. The highest BCUT2D eigenvalue weighted by Gasteiger charge is 2.44. The summed E-state index contributed by atoms with van der Waals surface area (Å²) < 4.78 is 0. The van der Waals surface area contributed by atoms with Gasteiger partial charge in [0, 0.05) is 13.1 Å². The normalized spacial score (nSPS) is 19.3. The zero-order valence-corrected chi connectivity index (χ0v) is 11.5. The third kappa shape index (κ3) is 2.12. The van der Waals surface area contributed by atoms with Crippen molar-refractivity contribution >= 4 is 17.8 Å². The van der Waals surface area contributed by atoms with Gasteiger partial charge in [-0.25, -0.2) is 0 Å². The highest BCUT2D eigenvalue weighted by atomic mass is 16.4. The van der Waals surface area contributed by atoms with Gasteiger partial charge in [-0.15, -0.1) is 0 Å². The number of hydrogen-bond donors (Lipinski definition) is 2. The fraction of sp³-hybridized carbons (Fsp3) is 0.400. The molecule has 2 N–H and O–H groups in total. The van der Waals surface area contributed by atoms with Crippen LogP contribution in [0.1, 0.15) is 40.0 Å². The number of carbonyl (C=O) groups is 3. The van der Waals surface area contributed by atoms with Crippen LogP contribution in [0.5, 0.6) is 0 Å². The number of nitrogens with one attached hydrogen (secondary N) is 1. The largest absolute Gasteiger partial charge is 0.480 e. The van der Waals surface area contributed by atoms with Gasteiger partial charge in [0.25, 0.3) is 11.8 Å². The molecule has 2 aliphatic rings. The molecule has 0 spiro atoms. The number of carbonyl (C=O) groups excluding carboxylic acids is 2. The maximum atomic E-state index is 12.1. The first-order valence-electron chi connectivity index (χ1n) is 6.99. The van der Waals surface area contributed by atoms with Crippen LogP contribution in [0.2, 0.25) is 0 Å². The summed E-state index contributed by atoms with van der Waals surface area (Å²) in [7, 11) is 0. The Balaban J connectivity index is 1.64. The molecule has 0 bridgehead atoms. The minimum atomic E-state index is -0.876. The summed E-state index contributed by atoms with van der Waals surface area (Å²) >= 11 is 0. The average molecular weight is 288 g/mol. The van der Waals surface area contributed by atoms with E-state index in [2.05, 4.69) is 5.32 Å². The Morgan fingerprint density at radius 3 is 2.19 bits per heavy atom. The molecule has 0 atom stereocenters. The number of nitrogens with zero attached hydrogens (tertiary/aromatic N) is 1. The lowest BCUT2D eigenvalue weighted by molar-refractivity contribution is -0.148. The number of aliphatic carboxylic acids is 1. The van der Waals surface area contributed by atoms with E-state index in [-0.39, 0.29) is 24.9 Å². The topological polar surface area (TPSA) is 86.7 Å². The Bertz CT molecular complexity index is 587. The maximum absolute atomic E-state index is 12.1. The predicted octanol–water partition coefficient (Wildman–Crippen LogP) is 0.879. The van der Waals surface area contributed by atoms with E-state index in [1.165, 1.54) is 4.90 Å². The lowest BCUT2D eigenvalue weighted by Crippen LogP contribution is -2.58. The van der Waals surface area contributed by atoms with Gasteiger partial charge in [-0.05, 0) is 31.4 Å². The zero-order chi connectivity index (χ0) is 15.0. The first-order chi connectivity index (χ1) is 10.1. The van der Waals surface area contributed by atoms with Crippen molar-refractivity contribution in [1.82, 2.24) is 10.2 Å². The standard InChI is InChI=1S/C15H16N2O4/c18-12-10-4-1-2-5-11(10)13(19)17(12)9-8-16-15(14(20)21)6-3-7-15/h1-2,4-5,16H,3,6-9H2,(H,20,21). The molecule has 1 fully saturated rings. The number of fused-ring (bicyclic) bond motifs is 1. The third-order valence-electron chi connectivity index (χ3n) is 4.29. The van der Waals surface area contributed by atoms with E-state index in [9.17, 15) is 19.5 Å². The smallest absolute Gasteiger partial charge is 0.323 e. The van der Waals surface area contributed by atoms with E-state index >= 15 is 0 Å². The van der Waals surface area contributed by atoms with Gasteiger partial charge >= 0.3 is 5.97 Å². The van der Waals surface area contributed by atoms with Crippen molar-refractivity contribution in [2.24, 2.45) is 0 Å². The van der Waals surface area contributed by atoms with Crippen LogP contribution in [-0.2, 0) is 4.79 Å². The lowest BCUT2D eigenvalue weighted by Gasteiger charge is -2.38. The van der Waals surface area contributed by atoms with Gasteiger partial charge < -0.3 is 10.4 Å². The summed E-state index contributed by atoms with van der Waals surface area (Å²) in [5.41, 5.74) is -0.0447. The van der Waals surface area contributed by atoms with E-state index < -0.39 is 11.5 Å². The molecule has 1 aromatic carbocycles. The van der Waals surface area contributed by atoms with Crippen LogP contribution in [-0.4, -0.2) is 46.4 Å². The van der Waals surface area contributed by atoms with Crippen molar-refractivity contribution in [3.8, 4) is 0 Å². The van der Waals surface area contributed by atoms with Crippen LogP contribution in [0, 0.1) is 0 Å². The van der Waals surface area contributed by atoms with Gasteiger partial charge in [0.1, 0.15) is 5.54 Å². The minimum Gasteiger partial charge on any atom is -0.480 e. The van der Waals surface area contributed by atoms with Crippen molar-refractivity contribution in [3.05, 3.63) is 35.4 Å².